The number of rotatable bonds is 4. The number of ether oxygens (including phenoxy) is 1. The van der Waals surface area contributed by atoms with E-state index in [2.05, 4.69) is 19.9 Å². The number of hydrogen-bond acceptors (Lipinski definition) is 8. The highest BCUT2D eigenvalue weighted by Gasteiger charge is 2.22. The Morgan fingerprint density at radius 2 is 1.83 bits per heavy atom. The molecule has 24 heavy (non-hydrogen) atoms. The van der Waals surface area contributed by atoms with Crippen molar-refractivity contribution in [3.8, 4) is 11.3 Å². The zero-order valence-corrected chi connectivity index (χ0v) is 13.8. The van der Waals surface area contributed by atoms with Crippen LogP contribution in [0.15, 0.2) is 18.6 Å². The van der Waals surface area contributed by atoms with E-state index >= 15 is 0 Å². The predicted molar refractivity (Wildman–Crippen MR) is 89.7 cm³/mol. The summed E-state index contributed by atoms with van der Waals surface area (Å²) in [5, 5.41) is 0. The van der Waals surface area contributed by atoms with Gasteiger partial charge in [-0.2, -0.15) is 0 Å². The molecule has 3 heterocycles. The molecule has 0 atom stereocenters. The Morgan fingerprint density at radius 3 is 2.46 bits per heavy atom. The standard InChI is InChI=1S/C16H20N6O2/c1-10(2)14(23)12-9-20-16(22-3-5-24-6-4-22)21-13(12)11-7-18-15(17)19-8-11/h7-10H,3-6H2,1-2H3,(H2,17,18,19). The number of morpholine rings is 1. The molecule has 0 radical (unpaired) electrons. The molecular formula is C16H20N6O2. The highest BCUT2D eigenvalue weighted by molar-refractivity contribution is 6.02. The van der Waals surface area contributed by atoms with Gasteiger partial charge >= 0.3 is 0 Å². The Hall–Kier alpha value is -2.61. The number of aromatic nitrogens is 4. The van der Waals surface area contributed by atoms with Crippen LogP contribution in [0.3, 0.4) is 0 Å². The van der Waals surface area contributed by atoms with Crippen LogP contribution in [0.4, 0.5) is 11.9 Å². The van der Waals surface area contributed by atoms with Gasteiger partial charge in [0.25, 0.3) is 0 Å². The monoisotopic (exact) mass is 328 g/mol. The third-order valence-corrected chi connectivity index (χ3v) is 3.81. The first kappa shape index (κ1) is 16.3. The van der Waals surface area contributed by atoms with Gasteiger partial charge in [-0.25, -0.2) is 19.9 Å². The lowest BCUT2D eigenvalue weighted by atomic mass is 9.99. The van der Waals surface area contributed by atoms with E-state index < -0.39 is 0 Å². The van der Waals surface area contributed by atoms with Gasteiger partial charge in [0.2, 0.25) is 11.9 Å². The molecule has 8 nitrogen and oxygen atoms in total. The van der Waals surface area contributed by atoms with Gasteiger partial charge in [-0.3, -0.25) is 4.79 Å². The van der Waals surface area contributed by atoms with Crippen LogP contribution in [-0.2, 0) is 4.74 Å². The van der Waals surface area contributed by atoms with E-state index in [-0.39, 0.29) is 17.6 Å². The zero-order valence-electron chi connectivity index (χ0n) is 13.8. The fourth-order valence-corrected chi connectivity index (χ4v) is 2.46. The minimum Gasteiger partial charge on any atom is -0.378 e. The number of ketones is 1. The van der Waals surface area contributed by atoms with Crippen molar-refractivity contribution in [2.45, 2.75) is 13.8 Å². The number of carbonyl (C=O) groups is 1. The Bertz CT molecular complexity index is 726. The van der Waals surface area contributed by atoms with Gasteiger partial charge < -0.3 is 15.4 Å². The van der Waals surface area contributed by atoms with Crippen LogP contribution in [0.5, 0.6) is 0 Å². The summed E-state index contributed by atoms with van der Waals surface area (Å²) in [7, 11) is 0. The fourth-order valence-electron chi connectivity index (χ4n) is 2.46. The summed E-state index contributed by atoms with van der Waals surface area (Å²) in [6.07, 6.45) is 4.74. The number of nitrogens with two attached hydrogens (primary N) is 1. The predicted octanol–water partition coefficient (Wildman–Crippen LogP) is 1.19. The normalized spacial score (nSPS) is 14.9. The largest absolute Gasteiger partial charge is 0.378 e. The van der Waals surface area contributed by atoms with Gasteiger partial charge in [0, 0.05) is 43.2 Å². The van der Waals surface area contributed by atoms with Crippen molar-refractivity contribution in [3.05, 3.63) is 24.2 Å². The smallest absolute Gasteiger partial charge is 0.226 e. The van der Waals surface area contributed by atoms with E-state index in [1.807, 2.05) is 18.7 Å². The maximum Gasteiger partial charge on any atom is 0.226 e. The van der Waals surface area contributed by atoms with E-state index in [4.69, 9.17) is 10.5 Å². The molecule has 1 saturated heterocycles. The Balaban J connectivity index is 2.06. The molecule has 0 amide bonds. The van der Waals surface area contributed by atoms with Crippen molar-refractivity contribution in [2.24, 2.45) is 5.92 Å². The number of hydrogen-bond donors (Lipinski definition) is 1. The maximum absolute atomic E-state index is 12.5. The first-order valence-corrected chi connectivity index (χ1v) is 7.88. The molecule has 1 aliphatic heterocycles. The molecule has 2 aromatic heterocycles. The molecule has 3 rings (SSSR count). The van der Waals surface area contributed by atoms with Crippen LogP contribution in [0, 0.1) is 5.92 Å². The quantitative estimate of drug-likeness (QED) is 0.834. The summed E-state index contributed by atoms with van der Waals surface area (Å²) in [6.45, 7) is 6.40. The Kier molecular flexibility index (Phi) is 4.66. The van der Waals surface area contributed by atoms with Gasteiger partial charge in [0.15, 0.2) is 5.78 Å². The SMILES string of the molecule is CC(C)C(=O)c1cnc(N2CCOCC2)nc1-c1cnc(N)nc1. The van der Waals surface area contributed by atoms with Gasteiger partial charge in [-0.15, -0.1) is 0 Å². The van der Waals surface area contributed by atoms with E-state index in [1.54, 1.807) is 18.6 Å². The third kappa shape index (κ3) is 3.33. The molecule has 126 valence electrons. The molecule has 0 aliphatic carbocycles. The lowest BCUT2D eigenvalue weighted by Crippen LogP contribution is -2.37. The maximum atomic E-state index is 12.5. The highest BCUT2D eigenvalue weighted by atomic mass is 16.5. The summed E-state index contributed by atoms with van der Waals surface area (Å²) in [5.41, 5.74) is 7.20. The summed E-state index contributed by atoms with van der Waals surface area (Å²) < 4.78 is 5.36. The summed E-state index contributed by atoms with van der Waals surface area (Å²) in [4.78, 5) is 31.6. The average Bonchev–Trinajstić information content (AvgIpc) is 2.62. The van der Waals surface area contributed by atoms with Crippen LogP contribution >= 0.6 is 0 Å². The van der Waals surface area contributed by atoms with Gasteiger partial charge in [0.1, 0.15) is 0 Å². The molecule has 0 saturated carbocycles. The highest BCUT2D eigenvalue weighted by Crippen LogP contribution is 2.25. The number of Topliss-reactive ketones (excluding diaryl/α,β-unsaturated/α-hetero) is 1. The molecule has 2 N–H and O–H groups in total. The lowest BCUT2D eigenvalue weighted by Gasteiger charge is -2.27. The van der Waals surface area contributed by atoms with Crippen molar-refractivity contribution in [1.29, 1.82) is 0 Å². The van der Waals surface area contributed by atoms with E-state index in [9.17, 15) is 4.79 Å². The van der Waals surface area contributed by atoms with Crippen LogP contribution in [-0.4, -0.2) is 52.0 Å². The van der Waals surface area contributed by atoms with E-state index in [0.29, 0.717) is 36.0 Å². The minimum absolute atomic E-state index is 0.0182. The van der Waals surface area contributed by atoms with Crippen molar-refractivity contribution in [1.82, 2.24) is 19.9 Å². The van der Waals surface area contributed by atoms with Crippen LogP contribution < -0.4 is 10.6 Å². The second-order valence-corrected chi connectivity index (χ2v) is 5.88. The average molecular weight is 328 g/mol. The molecule has 8 heteroatoms. The minimum atomic E-state index is -0.156. The second-order valence-electron chi connectivity index (χ2n) is 5.88. The van der Waals surface area contributed by atoms with Crippen molar-refractivity contribution in [3.63, 3.8) is 0 Å². The van der Waals surface area contributed by atoms with Crippen molar-refractivity contribution < 1.29 is 9.53 Å². The number of nitrogens with zero attached hydrogens (tertiary/aromatic N) is 5. The van der Waals surface area contributed by atoms with Crippen molar-refractivity contribution >= 4 is 17.7 Å². The fraction of sp³-hybridized carbons (Fsp3) is 0.438. The van der Waals surface area contributed by atoms with Gasteiger partial charge in [0.05, 0.1) is 24.5 Å². The third-order valence-electron chi connectivity index (χ3n) is 3.81. The Labute approximate surface area is 140 Å². The molecular weight excluding hydrogens is 308 g/mol. The first-order valence-electron chi connectivity index (χ1n) is 7.88. The molecule has 2 aromatic rings. The number of carbonyl (C=O) groups excluding carboxylic acids is 1. The van der Waals surface area contributed by atoms with E-state index in [1.165, 1.54) is 0 Å². The molecule has 0 unspecified atom stereocenters. The lowest BCUT2D eigenvalue weighted by molar-refractivity contribution is 0.0939. The van der Waals surface area contributed by atoms with Crippen LogP contribution in [0.1, 0.15) is 24.2 Å². The van der Waals surface area contributed by atoms with Crippen LogP contribution in [0.2, 0.25) is 0 Å². The second kappa shape index (κ2) is 6.88. The molecule has 0 bridgehead atoms. The molecule has 0 aromatic carbocycles. The molecule has 1 fully saturated rings. The van der Waals surface area contributed by atoms with Gasteiger partial charge in [-0.1, -0.05) is 13.8 Å². The van der Waals surface area contributed by atoms with E-state index in [0.717, 1.165) is 13.1 Å². The van der Waals surface area contributed by atoms with Crippen LogP contribution in [0.25, 0.3) is 11.3 Å². The molecule has 1 aliphatic rings. The molecule has 0 spiro atoms. The number of anilines is 2. The zero-order chi connectivity index (χ0) is 17.1. The number of nitrogen functional groups attached to an aromatic ring is 1. The van der Waals surface area contributed by atoms with Crippen molar-refractivity contribution in [2.75, 3.05) is 36.9 Å². The summed E-state index contributed by atoms with van der Waals surface area (Å²) >= 11 is 0. The topological polar surface area (TPSA) is 107 Å². The summed E-state index contributed by atoms with van der Waals surface area (Å²) in [6, 6.07) is 0. The first-order chi connectivity index (χ1) is 11.6. The van der Waals surface area contributed by atoms with Gasteiger partial charge in [-0.05, 0) is 0 Å². The summed E-state index contributed by atoms with van der Waals surface area (Å²) in [5.74, 6) is 0.579. The Morgan fingerprint density at radius 1 is 1.17 bits per heavy atom.